The first kappa shape index (κ1) is 35.1. The van der Waals surface area contributed by atoms with Crippen molar-refractivity contribution in [3.8, 4) is 5.75 Å². The maximum Gasteiger partial charge on any atom is 0.328 e. The Morgan fingerprint density at radius 3 is 1.91 bits per heavy atom. The summed E-state index contributed by atoms with van der Waals surface area (Å²) >= 11 is 0. The molecule has 0 spiro atoms. The number of carboxylic acids is 2. The van der Waals surface area contributed by atoms with Crippen LogP contribution in [0.5, 0.6) is 5.75 Å². The lowest BCUT2D eigenvalue weighted by Crippen LogP contribution is -2.42. The minimum Gasteiger partial charge on any atom is -0.497 e. The lowest BCUT2D eigenvalue weighted by Gasteiger charge is -2.33. The molecule has 3 aromatic rings. The molecule has 0 aromatic heterocycles. The van der Waals surface area contributed by atoms with Crippen LogP contribution in [0.1, 0.15) is 40.5 Å². The highest BCUT2D eigenvalue weighted by molar-refractivity contribution is 6.06. The first-order valence-electron chi connectivity index (χ1n) is 14.5. The van der Waals surface area contributed by atoms with Crippen LogP contribution in [0.3, 0.4) is 0 Å². The molecule has 11 nitrogen and oxygen atoms in total. The molecule has 1 saturated heterocycles. The molecule has 0 bridgehead atoms. The lowest BCUT2D eigenvalue weighted by atomic mass is 9.89. The van der Waals surface area contributed by atoms with Crippen molar-refractivity contribution < 1.29 is 43.3 Å². The van der Waals surface area contributed by atoms with Crippen molar-refractivity contribution in [2.45, 2.75) is 19.8 Å². The molecule has 1 aliphatic rings. The van der Waals surface area contributed by atoms with Crippen molar-refractivity contribution in [3.05, 3.63) is 102 Å². The molecule has 0 saturated carbocycles. The van der Waals surface area contributed by atoms with E-state index in [1.54, 1.807) is 48.4 Å². The summed E-state index contributed by atoms with van der Waals surface area (Å²) in [5.74, 6) is -2.51. The number of methoxy groups -OCH3 is 1. The van der Waals surface area contributed by atoms with Gasteiger partial charge in [-0.05, 0) is 98.7 Å². The van der Waals surface area contributed by atoms with Crippen molar-refractivity contribution >= 4 is 40.9 Å². The first-order valence-corrected chi connectivity index (χ1v) is 14.5. The van der Waals surface area contributed by atoms with Gasteiger partial charge in [-0.25, -0.2) is 14.0 Å². The highest BCUT2D eigenvalue weighted by Gasteiger charge is 2.27. The van der Waals surface area contributed by atoms with E-state index in [0.717, 1.165) is 31.6 Å². The van der Waals surface area contributed by atoms with Gasteiger partial charge in [0, 0.05) is 60.6 Å². The Labute approximate surface area is 265 Å². The fourth-order valence-corrected chi connectivity index (χ4v) is 4.82. The number of amides is 2. The minimum absolute atomic E-state index is 0.0578. The minimum atomic E-state index is -1.26. The SMILES string of the molecule is COc1ccc(N(CCN2CCC(C(=O)c3ccc(F)cc3)CC2)C(=O)c2ccc(NC(C)=O)cc2)cc1.O=C(O)/C=C/C(=O)O. The van der Waals surface area contributed by atoms with Gasteiger partial charge in [-0.3, -0.25) is 14.4 Å². The molecule has 3 N–H and O–H groups in total. The van der Waals surface area contributed by atoms with E-state index >= 15 is 0 Å². The van der Waals surface area contributed by atoms with Crippen molar-refractivity contribution in [2.24, 2.45) is 5.92 Å². The molecule has 242 valence electrons. The summed E-state index contributed by atoms with van der Waals surface area (Å²) < 4.78 is 18.5. The molecule has 1 aliphatic heterocycles. The lowest BCUT2D eigenvalue weighted by molar-refractivity contribution is -0.134. The molecule has 12 heteroatoms. The molecule has 0 radical (unpaired) electrons. The predicted octanol–water partition coefficient (Wildman–Crippen LogP) is 4.75. The quantitative estimate of drug-likeness (QED) is 0.201. The third-order valence-electron chi connectivity index (χ3n) is 7.18. The number of hydrogen-bond donors (Lipinski definition) is 3. The first-order chi connectivity index (χ1) is 22.0. The number of hydrogen-bond acceptors (Lipinski definition) is 7. The van der Waals surface area contributed by atoms with E-state index in [0.29, 0.717) is 47.8 Å². The molecule has 0 atom stereocenters. The zero-order valence-corrected chi connectivity index (χ0v) is 25.5. The molecule has 1 fully saturated rings. The van der Waals surface area contributed by atoms with E-state index < -0.39 is 11.9 Å². The second-order valence-electron chi connectivity index (χ2n) is 10.4. The molecular weight excluding hydrogens is 597 g/mol. The van der Waals surface area contributed by atoms with E-state index in [-0.39, 0.29) is 29.3 Å². The predicted molar refractivity (Wildman–Crippen MR) is 170 cm³/mol. The number of likely N-dealkylation sites (tertiary alicyclic amines) is 1. The number of benzene rings is 3. The summed E-state index contributed by atoms with van der Waals surface area (Å²) in [6.45, 7) is 4.04. The zero-order valence-electron chi connectivity index (χ0n) is 25.5. The van der Waals surface area contributed by atoms with Crippen molar-refractivity contribution in [2.75, 3.05) is 43.5 Å². The van der Waals surface area contributed by atoms with Gasteiger partial charge in [0.25, 0.3) is 5.91 Å². The van der Waals surface area contributed by atoms with Crippen LogP contribution in [0.2, 0.25) is 0 Å². The third kappa shape index (κ3) is 11.0. The smallest absolute Gasteiger partial charge is 0.328 e. The number of nitrogens with zero attached hydrogens (tertiary/aromatic N) is 2. The summed E-state index contributed by atoms with van der Waals surface area (Å²) in [5.41, 5.74) is 2.44. The molecule has 46 heavy (non-hydrogen) atoms. The molecular formula is C34H36FN3O8. The van der Waals surface area contributed by atoms with Gasteiger partial charge in [0.15, 0.2) is 5.78 Å². The third-order valence-corrected chi connectivity index (χ3v) is 7.18. The number of rotatable bonds is 11. The van der Waals surface area contributed by atoms with Crippen LogP contribution in [0, 0.1) is 11.7 Å². The van der Waals surface area contributed by atoms with Crippen LogP contribution in [0.4, 0.5) is 15.8 Å². The Hall–Kier alpha value is -5.36. The fourth-order valence-electron chi connectivity index (χ4n) is 4.82. The number of carboxylic acid groups (broad SMARTS) is 2. The fraction of sp³-hybridized carbons (Fsp3) is 0.265. The number of nitrogens with one attached hydrogen (secondary N) is 1. The summed E-state index contributed by atoms with van der Waals surface area (Å²) in [7, 11) is 1.60. The van der Waals surface area contributed by atoms with Crippen LogP contribution in [0.25, 0.3) is 0 Å². The van der Waals surface area contributed by atoms with Crippen LogP contribution in [-0.2, 0) is 14.4 Å². The van der Waals surface area contributed by atoms with Gasteiger partial charge >= 0.3 is 11.9 Å². The maximum absolute atomic E-state index is 13.5. The average molecular weight is 634 g/mol. The van der Waals surface area contributed by atoms with E-state index in [1.807, 2.05) is 24.3 Å². The van der Waals surface area contributed by atoms with Crippen molar-refractivity contribution in [3.63, 3.8) is 0 Å². The van der Waals surface area contributed by atoms with Crippen LogP contribution < -0.4 is 15.0 Å². The highest BCUT2D eigenvalue weighted by atomic mass is 19.1. The Kier molecular flexibility index (Phi) is 13.1. The molecule has 0 aliphatic carbocycles. The number of anilines is 2. The normalized spacial score (nSPS) is 13.3. The maximum atomic E-state index is 13.5. The van der Waals surface area contributed by atoms with E-state index in [2.05, 4.69) is 10.2 Å². The molecule has 0 unspecified atom stereocenters. The summed E-state index contributed by atoms with van der Waals surface area (Å²) in [6.07, 6.45) is 2.55. The number of ketones is 1. The number of aliphatic carboxylic acids is 2. The number of Topliss-reactive ketones (excluding diaryl/α,β-unsaturated/α-hetero) is 1. The van der Waals surface area contributed by atoms with Gasteiger partial charge < -0.3 is 30.1 Å². The Bertz CT molecular complexity index is 1520. The Balaban J connectivity index is 0.000000637. The van der Waals surface area contributed by atoms with Crippen LogP contribution in [-0.4, -0.2) is 77.9 Å². The van der Waals surface area contributed by atoms with Crippen molar-refractivity contribution in [1.29, 1.82) is 0 Å². The van der Waals surface area contributed by atoms with Gasteiger partial charge in [-0.1, -0.05) is 0 Å². The monoisotopic (exact) mass is 633 g/mol. The number of halogens is 1. The number of carbonyl (C=O) groups excluding carboxylic acids is 3. The molecule has 3 aromatic carbocycles. The summed E-state index contributed by atoms with van der Waals surface area (Å²) in [4.78, 5) is 60.8. The summed E-state index contributed by atoms with van der Waals surface area (Å²) in [6, 6.07) is 19.9. The molecule has 1 heterocycles. The number of carbonyl (C=O) groups is 5. The summed E-state index contributed by atoms with van der Waals surface area (Å²) in [5, 5.41) is 18.3. The van der Waals surface area contributed by atoms with Crippen LogP contribution >= 0.6 is 0 Å². The molecule has 4 rings (SSSR count). The number of piperidine rings is 1. The number of ether oxygens (including phenoxy) is 1. The van der Waals surface area contributed by atoms with Gasteiger partial charge in [0.2, 0.25) is 5.91 Å². The highest BCUT2D eigenvalue weighted by Crippen LogP contribution is 2.24. The Morgan fingerprint density at radius 1 is 0.870 bits per heavy atom. The largest absolute Gasteiger partial charge is 0.497 e. The zero-order chi connectivity index (χ0) is 33.6. The second-order valence-corrected chi connectivity index (χ2v) is 10.4. The van der Waals surface area contributed by atoms with Gasteiger partial charge in [0.1, 0.15) is 11.6 Å². The van der Waals surface area contributed by atoms with E-state index in [9.17, 15) is 28.4 Å². The van der Waals surface area contributed by atoms with Crippen LogP contribution in [0.15, 0.2) is 84.9 Å². The average Bonchev–Trinajstić information content (AvgIpc) is 3.05. The second kappa shape index (κ2) is 17.2. The van der Waals surface area contributed by atoms with Gasteiger partial charge in [0.05, 0.1) is 7.11 Å². The van der Waals surface area contributed by atoms with Gasteiger partial charge in [-0.2, -0.15) is 0 Å². The molecule has 2 amide bonds. The standard InChI is InChI=1S/C30H32FN3O4.C4H4O4/c1-21(35)32-26-9-5-24(6-10-26)30(37)34(27-11-13-28(38-2)14-12-27)20-19-33-17-15-23(16-18-33)29(36)22-3-7-25(31)8-4-22;5-3(6)1-2-4(7)8/h3-14,23H,15-20H2,1-2H3,(H,32,35);1-2H,(H,5,6)(H,7,8)/b;2-1+. The topological polar surface area (TPSA) is 154 Å². The Morgan fingerprint density at radius 2 is 1.41 bits per heavy atom. The van der Waals surface area contributed by atoms with Crippen molar-refractivity contribution in [1.82, 2.24) is 4.90 Å². The van der Waals surface area contributed by atoms with E-state index in [4.69, 9.17) is 14.9 Å². The van der Waals surface area contributed by atoms with E-state index in [1.165, 1.54) is 19.1 Å². The van der Waals surface area contributed by atoms with Gasteiger partial charge in [-0.15, -0.1) is 0 Å².